The Morgan fingerprint density at radius 1 is 1.30 bits per heavy atom. The van der Waals surface area contributed by atoms with Crippen molar-refractivity contribution in [2.24, 2.45) is 11.7 Å². The van der Waals surface area contributed by atoms with Crippen LogP contribution in [0.2, 0.25) is 0 Å². The van der Waals surface area contributed by atoms with Gasteiger partial charge in [0, 0.05) is 31.5 Å². The molecule has 150 valence electrons. The van der Waals surface area contributed by atoms with Crippen molar-refractivity contribution in [2.75, 3.05) is 12.4 Å². The van der Waals surface area contributed by atoms with Crippen LogP contribution in [0.25, 0.3) is 5.70 Å². The molecule has 1 heterocycles. The van der Waals surface area contributed by atoms with Gasteiger partial charge in [0.1, 0.15) is 11.6 Å². The number of anilines is 1. The molecular formula is C21H34N4O2. The van der Waals surface area contributed by atoms with Crippen molar-refractivity contribution in [1.82, 2.24) is 9.97 Å². The first kappa shape index (κ1) is 20.1. The lowest BCUT2D eigenvalue weighted by atomic mass is 9.83. The molecule has 2 aliphatic rings. The van der Waals surface area contributed by atoms with E-state index in [9.17, 15) is 5.11 Å². The van der Waals surface area contributed by atoms with Gasteiger partial charge in [0.2, 0.25) is 0 Å². The van der Waals surface area contributed by atoms with Gasteiger partial charge in [0.05, 0.1) is 17.3 Å². The summed E-state index contributed by atoms with van der Waals surface area (Å²) in [6.45, 7) is 5.78. The molecule has 0 amide bonds. The summed E-state index contributed by atoms with van der Waals surface area (Å²) in [5.41, 5.74) is 6.67. The molecular weight excluding hydrogens is 340 g/mol. The lowest BCUT2D eigenvalue weighted by molar-refractivity contribution is 0.0196. The fourth-order valence-corrected chi connectivity index (χ4v) is 4.27. The second-order valence-corrected chi connectivity index (χ2v) is 8.57. The summed E-state index contributed by atoms with van der Waals surface area (Å²) in [4.78, 5) is 9.35. The van der Waals surface area contributed by atoms with Gasteiger partial charge in [-0.15, -0.1) is 0 Å². The summed E-state index contributed by atoms with van der Waals surface area (Å²) in [5, 5.41) is 13.7. The highest BCUT2D eigenvalue weighted by Crippen LogP contribution is 2.31. The maximum absolute atomic E-state index is 10.2. The van der Waals surface area contributed by atoms with Gasteiger partial charge in [0.15, 0.2) is 0 Å². The van der Waals surface area contributed by atoms with Gasteiger partial charge < -0.3 is 20.9 Å². The fourth-order valence-electron chi connectivity index (χ4n) is 4.27. The minimum atomic E-state index is -0.545. The topological polar surface area (TPSA) is 93.3 Å². The van der Waals surface area contributed by atoms with Crippen molar-refractivity contribution in [2.45, 2.75) is 82.5 Å². The highest BCUT2D eigenvalue weighted by molar-refractivity contribution is 5.70. The number of nitrogens with zero attached hydrogens (tertiary/aromatic N) is 2. The Morgan fingerprint density at radius 3 is 2.56 bits per heavy atom. The maximum Gasteiger partial charge on any atom is 0.139 e. The Labute approximate surface area is 162 Å². The molecule has 0 spiro atoms. The van der Waals surface area contributed by atoms with Crippen molar-refractivity contribution in [3.8, 4) is 0 Å². The quantitative estimate of drug-likeness (QED) is 0.708. The van der Waals surface area contributed by atoms with E-state index in [1.54, 1.807) is 13.3 Å². The molecule has 0 saturated heterocycles. The van der Waals surface area contributed by atoms with Gasteiger partial charge in [-0.3, -0.25) is 0 Å². The van der Waals surface area contributed by atoms with Crippen LogP contribution in [0.4, 0.5) is 5.82 Å². The van der Waals surface area contributed by atoms with Crippen molar-refractivity contribution < 1.29 is 9.84 Å². The zero-order valence-electron chi connectivity index (χ0n) is 16.7. The van der Waals surface area contributed by atoms with E-state index in [4.69, 9.17) is 15.5 Å². The van der Waals surface area contributed by atoms with E-state index in [2.05, 4.69) is 16.9 Å². The van der Waals surface area contributed by atoms with E-state index in [0.29, 0.717) is 23.8 Å². The van der Waals surface area contributed by atoms with E-state index in [1.165, 1.54) is 0 Å². The molecule has 2 aliphatic carbocycles. The molecule has 0 atom stereocenters. The minimum Gasteiger partial charge on any atom is -0.399 e. The van der Waals surface area contributed by atoms with Crippen molar-refractivity contribution >= 4 is 11.5 Å². The molecule has 0 radical (unpaired) electrons. The zero-order valence-corrected chi connectivity index (χ0v) is 16.7. The second-order valence-electron chi connectivity index (χ2n) is 8.57. The SMILES string of the molecule is C=C(N)c1cnc(CC2CCC(OC)CC2)nc1NC1CCC(C)(O)CC1. The molecule has 27 heavy (non-hydrogen) atoms. The predicted molar refractivity (Wildman–Crippen MR) is 108 cm³/mol. The van der Waals surface area contributed by atoms with E-state index in [-0.39, 0.29) is 0 Å². The molecule has 3 rings (SSSR count). The third-order valence-corrected chi connectivity index (χ3v) is 6.19. The first-order valence-electron chi connectivity index (χ1n) is 10.2. The molecule has 1 aromatic heterocycles. The number of aliphatic hydroxyl groups is 1. The molecule has 2 fully saturated rings. The number of nitrogens with two attached hydrogens (primary N) is 1. The summed E-state index contributed by atoms with van der Waals surface area (Å²) < 4.78 is 5.47. The van der Waals surface area contributed by atoms with Crippen LogP contribution in [-0.2, 0) is 11.2 Å². The zero-order chi connectivity index (χ0) is 19.4. The van der Waals surface area contributed by atoms with Crippen LogP contribution in [0.5, 0.6) is 0 Å². The van der Waals surface area contributed by atoms with Crippen molar-refractivity contribution in [1.29, 1.82) is 0 Å². The van der Waals surface area contributed by atoms with Crippen LogP contribution in [0.1, 0.15) is 69.7 Å². The Hall–Kier alpha value is -1.66. The first-order valence-corrected chi connectivity index (χ1v) is 10.2. The summed E-state index contributed by atoms with van der Waals surface area (Å²) in [7, 11) is 1.80. The molecule has 6 heteroatoms. The van der Waals surface area contributed by atoms with Gasteiger partial charge in [-0.25, -0.2) is 9.97 Å². The van der Waals surface area contributed by atoms with E-state index >= 15 is 0 Å². The number of hydrogen-bond acceptors (Lipinski definition) is 6. The largest absolute Gasteiger partial charge is 0.399 e. The number of methoxy groups -OCH3 is 1. The maximum atomic E-state index is 10.2. The number of nitrogens with one attached hydrogen (secondary N) is 1. The van der Waals surface area contributed by atoms with Crippen LogP contribution in [0, 0.1) is 5.92 Å². The molecule has 0 aliphatic heterocycles. The summed E-state index contributed by atoms with van der Waals surface area (Å²) in [6.07, 6.45) is 11.1. The first-order chi connectivity index (χ1) is 12.9. The van der Waals surface area contributed by atoms with Gasteiger partial charge in [0.25, 0.3) is 0 Å². The Kier molecular flexibility index (Phi) is 6.37. The third-order valence-electron chi connectivity index (χ3n) is 6.19. The lowest BCUT2D eigenvalue weighted by Gasteiger charge is -2.34. The van der Waals surface area contributed by atoms with Gasteiger partial charge >= 0.3 is 0 Å². The van der Waals surface area contributed by atoms with E-state index in [1.807, 2.05) is 6.92 Å². The number of hydrogen-bond donors (Lipinski definition) is 3. The van der Waals surface area contributed by atoms with Crippen LogP contribution >= 0.6 is 0 Å². The number of aromatic nitrogens is 2. The fraction of sp³-hybridized carbons (Fsp3) is 0.714. The number of ether oxygens (including phenoxy) is 1. The summed E-state index contributed by atoms with van der Waals surface area (Å²) in [6, 6.07) is 0.295. The molecule has 4 N–H and O–H groups in total. The Morgan fingerprint density at radius 2 is 1.96 bits per heavy atom. The average Bonchev–Trinajstić information content (AvgIpc) is 2.64. The highest BCUT2D eigenvalue weighted by Gasteiger charge is 2.29. The highest BCUT2D eigenvalue weighted by atomic mass is 16.5. The molecule has 0 bridgehead atoms. The molecule has 0 unspecified atom stereocenters. The smallest absolute Gasteiger partial charge is 0.139 e. The van der Waals surface area contributed by atoms with Crippen LogP contribution in [0.3, 0.4) is 0 Å². The Bertz CT molecular complexity index is 644. The monoisotopic (exact) mass is 374 g/mol. The third kappa shape index (κ3) is 5.42. The molecule has 1 aromatic rings. The lowest BCUT2D eigenvalue weighted by Crippen LogP contribution is -2.36. The second kappa shape index (κ2) is 8.57. The minimum absolute atomic E-state index is 0.295. The van der Waals surface area contributed by atoms with Gasteiger partial charge in [-0.1, -0.05) is 6.58 Å². The number of rotatable bonds is 6. The summed E-state index contributed by atoms with van der Waals surface area (Å²) >= 11 is 0. The van der Waals surface area contributed by atoms with Crippen LogP contribution in [-0.4, -0.2) is 39.9 Å². The standard InChI is InChI=1S/C21H34N4O2/c1-14(22)18-13-23-19(12-15-4-6-17(27-3)7-5-15)25-20(18)24-16-8-10-21(2,26)11-9-16/h13,15-17,26H,1,4-12,22H2,2-3H3,(H,23,24,25). The van der Waals surface area contributed by atoms with Crippen LogP contribution in [0.15, 0.2) is 12.8 Å². The van der Waals surface area contributed by atoms with E-state index in [0.717, 1.165) is 75.0 Å². The van der Waals surface area contributed by atoms with Gasteiger partial charge in [-0.2, -0.15) is 0 Å². The van der Waals surface area contributed by atoms with E-state index < -0.39 is 5.60 Å². The van der Waals surface area contributed by atoms with Crippen molar-refractivity contribution in [3.63, 3.8) is 0 Å². The molecule has 0 aromatic carbocycles. The molecule has 2 saturated carbocycles. The predicted octanol–water partition coefficient (Wildman–Crippen LogP) is 3.26. The Balaban J connectivity index is 1.67. The molecule has 6 nitrogen and oxygen atoms in total. The average molecular weight is 375 g/mol. The van der Waals surface area contributed by atoms with Crippen molar-refractivity contribution in [3.05, 3.63) is 24.2 Å². The van der Waals surface area contributed by atoms with Gasteiger partial charge in [-0.05, 0) is 64.2 Å². The van der Waals surface area contributed by atoms with Crippen LogP contribution < -0.4 is 11.1 Å². The normalized spacial score (nSPS) is 31.4. The summed E-state index contributed by atoms with van der Waals surface area (Å²) in [5.74, 6) is 2.26.